The van der Waals surface area contributed by atoms with Crippen LogP contribution in [0.2, 0.25) is 5.02 Å². The Bertz CT molecular complexity index is 1130. The van der Waals surface area contributed by atoms with E-state index in [0.29, 0.717) is 48.9 Å². The lowest BCUT2D eigenvalue weighted by Crippen LogP contribution is -2.38. The number of hydrogen-bond acceptors (Lipinski definition) is 8. The monoisotopic (exact) mass is 498 g/mol. The predicted octanol–water partition coefficient (Wildman–Crippen LogP) is 4.45. The molecule has 2 aliphatic heterocycles. The lowest BCUT2D eigenvalue weighted by Gasteiger charge is -2.33. The van der Waals surface area contributed by atoms with Crippen molar-refractivity contribution in [2.75, 3.05) is 79.7 Å². The highest BCUT2D eigenvalue weighted by Crippen LogP contribution is 2.31. The van der Waals surface area contributed by atoms with Gasteiger partial charge in [-0.2, -0.15) is 4.98 Å². The van der Waals surface area contributed by atoms with Crippen molar-refractivity contribution in [1.82, 2.24) is 9.97 Å². The van der Waals surface area contributed by atoms with Gasteiger partial charge in [-0.05, 0) is 42.5 Å². The number of anilines is 6. The van der Waals surface area contributed by atoms with Crippen molar-refractivity contribution < 1.29 is 13.9 Å². The molecule has 0 spiro atoms. The minimum atomic E-state index is -0.415. The van der Waals surface area contributed by atoms with E-state index < -0.39 is 5.82 Å². The summed E-state index contributed by atoms with van der Waals surface area (Å²) in [5.41, 5.74) is 3.50. The Kier molecular flexibility index (Phi) is 7.17. The van der Waals surface area contributed by atoms with Gasteiger partial charge in [0, 0.05) is 61.5 Å². The average Bonchev–Trinajstić information content (AvgIpc) is 2.89. The zero-order valence-electron chi connectivity index (χ0n) is 19.6. The molecule has 2 saturated heterocycles. The van der Waals surface area contributed by atoms with Crippen LogP contribution in [0.5, 0.6) is 0 Å². The smallest absolute Gasteiger partial charge is 0.229 e. The molecule has 10 heteroatoms. The third kappa shape index (κ3) is 5.58. The maximum atomic E-state index is 14.5. The van der Waals surface area contributed by atoms with Gasteiger partial charge in [0.15, 0.2) is 0 Å². The van der Waals surface area contributed by atoms with Crippen molar-refractivity contribution in [3.05, 3.63) is 59.5 Å². The molecule has 3 aromatic rings. The van der Waals surface area contributed by atoms with Crippen LogP contribution in [-0.2, 0) is 9.47 Å². The molecule has 35 heavy (non-hydrogen) atoms. The Hall–Kier alpha value is -3.14. The maximum Gasteiger partial charge on any atom is 0.229 e. The van der Waals surface area contributed by atoms with Crippen molar-refractivity contribution in [1.29, 1.82) is 0 Å². The van der Waals surface area contributed by atoms with Crippen LogP contribution < -0.4 is 20.0 Å². The van der Waals surface area contributed by atoms with E-state index in [2.05, 4.69) is 43.3 Å². The number of ether oxygens (including phenoxy) is 2. The molecule has 0 radical (unpaired) electrons. The van der Waals surface area contributed by atoms with Crippen LogP contribution >= 0.6 is 11.6 Å². The van der Waals surface area contributed by atoms with E-state index in [-0.39, 0.29) is 0 Å². The Labute approximate surface area is 209 Å². The Balaban J connectivity index is 1.42. The Morgan fingerprint density at radius 2 is 1.54 bits per heavy atom. The molecule has 184 valence electrons. The molecular formula is C25H28ClFN6O2. The summed E-state index contributed by atoms with van der Waals surface area (Å²) >= 11 is 5.91. The molecule has 1 aromatic heterocycles. The number of halogens is 2. The third-order valence-corrected chi connectivity index (χ3v) is 6.40. The second-order valence-electron chi connectivity index (χ2n) is 8.46. The van der Waals surface area contributed by atoms with Crippen LogP contribution in [0.3, 0.4) is 0 Å². The maximum absolute atomic E-state index is 14.5. The Morgan fingerprint density at radius 1 is 0.914 bits per heavy atom. The van der Waals surface area contributed by atoms with Gasteiger partial charge in [-0.1, -0.05) is 11.6 Å². The van der Waals surface area contributed by atoms with Crippen LogP contribution in [-0.4, -0.2) is 69.6 Å². The van der Waals surface area contributed by atoms with E-state index in [4.69, 9.17) is 21.1 Å². The summed E-state index contributed by atoms with van der Waals surface area (Å²) in [6.45, 7) is 6.22. The van der Waals surface area contributed by atoms with Crippen molar-refractivity contribution >= 4 is 46.1 Å². The van der Waals surface area contributed by atoms with E-state index >= 15 is 0 Å². The zero-order valence-corrected chi connectivity index (χ0v) is 20.3. The van der Waals surface area contributed by atoms with E-state index in [1.807, 2.05) is 0 Å². The number of morpholine rings is 2. The molecule has 3 heterocycles. The number of nitrogens with zero attached hydrogens (tertiary/aromatic N) is 5. The van der Waals surface area contributed by atoms with Crippen molar-refractivity contribution in [2.45, 2.75) is 0 Å². The highest BCUT2D eigenvalue weighted by atomic mass is 35.5. The normalized spacial score (nSPS) is 16.3. The fraction of sp³-hybridized carbons (Fsp3) is 0.360. The molecule has 5 rings (SSSR count). The lowest BCUT2D eigenvalue weighted by molar-refractivity contribution is 0.122. The fourth-order valence-corrected chi connectivity index (χ4v) is 4.44. The molecule has 0 unspecified atom stereocenters. The molecule has 0 atom stereocenters. The number of benzene rings is 2. The summed E-state index contributed by atoms with van der Waals surface area (Å²) < 4.78 is 25.5. The standard InChI is InChI=1S/C25H28ClFN6O2/c1-31(23-3-2-18(26)14-22(23)27)24-4-5-28-25(30-24)29-19-15-20(32-6-10-34-11-7-32)17-21(16-19)33-8-12-35-13-9-33/h2-5,14-17H,6-13H2,1H3,(H,28,29,30). The molecule has 2 aliphatic rings. The summed E-state index contributed by atoms with van der Waals surface area (Å²) in [7, 11) is 1.76. The minimum Gasteiger partial charge on any atom is -0.378 e. The first-order valence-corrected chi connectivity index (χ1v) is 12.0. The quantitative estimate of drug-likeness (QED) is 0.534. The second-order valence-corrected chi connectivity index (χ2v) is 8.89. The van der Waals surface area contributed by atoms with E-state index in [1.54, 1.807) is 36.3 Å². The first-order chi connectivity index (χ1) is 17.1. The van der Waals surface area contributed by atoms with Crippen molar-refractivity contribution in [2.24, 2.45) is 0 Å². The highest BCUT2D eigenvalue weighted by Gasteiger charge is 2.18. The van der Waals surface area contributed by atoms with Gasteiger partial charge < -0.3 is 29.5 Å². The van der Waals surface area contributed by atoms with Gasteiger partial charge in [-0.3, -0.25) is 0 Å². The molecule has 2 fully saturated rings. The number of hydrogen-bond donors (Lipinski definition) is 1. The van der Waals surface area contributed by atoms with Gasteiger partial charge >= 0.3 is 0 Å². The SMILES string of the molecule is CN(c1ccnc(Nc2cc(N3CCOCC3)cc(N3CCOCC3)c2)n1)c1ccc(Cl)cc1F. The third-order valence-electron chi connectivity index (χ3n) is 6.17. The predicted molar refractivity (Wildman–Crippen MR) is 137 cm³/mol. The number of rotatable bonds is 6. The van der Waals surface area contributed by atoms with Crippen LogP contribution in [0.1, 0.15) is 0 Å². The van der Waals surface area contributed by atoms with E-state index in [1.165, 1.54) is 6.07 Å². The van der Waals surface area contributed by atoms with Gasteiger partial charge in [-0.25, -0.2) is 9.37 Å². The molecule has 8 nitrogen and oxygen atoms in total. The average molecular weight is 499 g/mol. The van der Waals surface area contributed by atoms with Crippen LogP contribution in [0, 0.1) is 5.82 Å². The van der Waals surface area contributed by atoms with Crippen molar-refractivity contribution in [3.63, 3.8) is 0 Å². The largest absolute Gasteiger partial charge is 0.378 e. The molecular weight excluding hydrogens is 471 g/mol. The van der Waals surface area contributed by atoms with Crippen LogP contribution in [0.15, 0.2) is 48.7 Å². The first-order valence-electron chi connectivity index (χ1n) is 11.7. The van der Waals surface area contributed by atoms with Gasteiger partial charge in [-0.15, -0.1) is 0 Å². The molecule has 0 amide bonds. The Morgan fingerprint density at radius 3 is 2.14 bits per heavy atom. The molecule has 1 N–H and O–H groups in total. The lowest BCUT2D eigenvalue weighted by atomic mass is 10.2. The van der Waals surface area contributed by atoms with Crippen molar-refractivity contribution in [3.8, 4) is 0 Å². The molecule has 0 bridgehead atoms. The molecule has 2 aromatic carbocycles. The van der Waals surface area contributed by atoms with E-state index in [0.717, 1.165) is 43.2 Å². The van der Waals surface area contributed by atoms with Crippen LogP contribution in [0.25, 0.3) is 0 Å². The summed E-state index contributed by atoms with van der Waals surface area (Å²) in [4.78, 5) is 15.4. The summed E-state index contributed by atoms with van der Waals surface area (Å²) in [6, 6.07) is 12.7. The number of nitrogens with one attached hydrogen (secondary N) is 1. The zero-order chi connectivity index (χ0) is 24.2. The summed E-state index contributed by atoms with van der Waals surface area (Å²) in [5.74, 6) is 0.568. The highest BCUT2D eigenvalue weighted by molar-refractivity contribution is 6.30. The van der Waals surface area contributed by atoms with Gasteiger partial charge in [0.25, 0.3) is 0 Å². The summed E-state index contributed by atoms with van der Waals surface area (Å²) in [5, 5.41) is 3.70. The van der Waals surface area contributed by atoms with Gasteiger partial charge in [0.2, 0.25) is 5.95 Å². The molecule has 0 aliphatic carbocycles. The fourth-order valence-electron chi connectivity index (χ4n) is 4.28. The summed E-state index contributed by atoms with van der Waals surface area (Å²) in [6.07, 6.45) is 1.66. The second kappa shape index (κ2) is 10.6. The van der Waals surface area contributed by atoms with Gasteiger partial charge in [0.05, 0.1) is 32.1 Å². The first kappa shape index (κ1) is 23.6. The van der Waals surface area contributed by atoms with Gasteiger partial charge in [0.1, 0.15) is 11.6 Å². The molecule has 0 saturated carbocycles. The van der Waals surface area contributed by atoms with Crippen LogP contribution in [0.4, 0.5) is 38.9 Å². The van der Waals surface area contributed by atoms with E-state index in [9.17, 15) is 4.39 Å². The number of aromatic nitrogens is 2. The topological polar surface area (TPSA) is 66.0 Å². The minimum absolute atomic E-state index is 0.348.